The molecule has 3 heteroatoms. The van der Waals surface area contributed by atoms with Crippen LogP contribution in [0.5, 0.6) is 0 Å². The summed E-state index contributed by atoms with van der Waals surface area (Å²) < 4.78 is 0. The summed E-state index contributed by atoms with van der Waals surface area (Å²) in [5.74, 6) is 3.50. The Balaban J connectivity index is 0.00000144. The molecule has 4 aliphatic rings. The molecule has 0 saturated heterocycles. The lowest BCUT2D eigenvalue weighted by atomic mass is 9.47. The standard InChI is InChI=1S/C19H27NO.ClH/c1-20-19(12-18(21)15-5-3-2-4-6-15)16-8-13-7-14(10-16)11-17(19)9-13;/h2-6,13-14,16-18,20-21H,7-12H2,1H3;1H. The van der Waals surface area contributed by atoms with Crippen LogP contribution in [0.3, 0.4) is 0 Å². The molecule has 0 aliphatic heterocycles. The third-order valence-corrected chi connectivity index (χ3v) is 6.78. The Morgan fingerprint density at radius 3 is 2.09 bits per heavy atom. The Morgan fingerprint density at radius 1 is 1.05 bits per heavy atom. The monoisotopic (exact) mass is 321 g/mol. The lowest BCUT2D eigenvalue weighted by molar-refractivity contribution is -0.0891. The van der Waals surface area contributed by atoms with Crippen molar-refractivity contribution in [1.82, 2.24) is 5.32 Å². The second-order valence-corrected chi connectivity index (χ2v) is 7.73. The number of hydrogen-bond acceptors (Lipinski definition) is 2. The van der Waals surface area contributed by atoms with Crippen molar-refractivity contribution in [1.29, 1.82) is 0 Å². The van der Waals surface area contributed by atoms with Gasteiger partial charge in [0, 0.05) is 5.54 Å². The molecule has 22 heavy (non-hydrogen) atoms. The van der Waals surface area contributed by atoms with E-state index in [1.807, 2.05) is 18.2 Å². The Labute approximate surface area is 140 Å². The van der Waals surface area contributed by atoms with Crippen molar-refractivity contribution < 1.29 is 5.11 Å². The van der Waals surface area contributed by atoms with Gasteiger partial charge in [-0.15, -0.1) is 12.4 Å². The summed E-state index contributed by atoms with van der Waals surface area (Å²) in [4.78, 5) is 0. The second-order valence-electron chi connectivity index (χ2n) is 7.73. The summed E-state index contributed by atoms with van der Waals surface area (Å²) >= 11 is 0. The lowest BCUT2D eigenvalue weighted by Crippen LogP contribution is -2.64. The molecule has 4 bridgehead atoms. The van der Waals surface area contributed by atoms with Gasteiger partial charge in [-0.1, -0.05) is 30.3 Å². The number of rotatable bonds is 4. The van der Waals surface area contributed by atoms with Crippen LogP contribution in [0.1, 0.15) is 50.2 Å². The number of aliphatic hydroxyl groups is 1. The molecular formula is C19H28ClNO. The van der Waals surface area contributed by atoms with E-state index in [-0.39, 0.29) is 24.0 Å². The Morgan fingerprint density at radius 2 is 1.59 bits per heavy atom. The number of nitrogens with one attached hydrogen (secondary N) is 1. The predicted molar refractivity (Wildman–Crippen MR) is 92.1 cm³/mol. The topological polar surface area (TPSA) is 32.3 Å². The second kappa shape index (κ2) is 6.14. The van der Waals surface area contributed by atoms with Crippen LogP contribution in [-0.4, -0.2) is 17.7 Å². The molecule has 0 aromatic heterocycles. The van der Waals surface area contributed by atoms with Gasteiger partial charge in [0.1, 0.15) is 0 Å². The average Bonchev–Trinajstić information content (AvgIpc) is 2.51. The van der Waals surface area contributed by atoms with Gasteiger partial charge in [0.05, 0.1) is 6.10 Å². The normalized spacial score (nSPS) is 40.3. The molecule has 5 rings (SSSR count). The first kappa shape index (κ1) is 16.3. The highest BCUT2D eigenvalue weighted by atomic mass is 35.5. The third kappa shape index (κ3) is 2.50. The van der Waals surface area contributed by atoms with E-state index in [4.69, 9.17) is 0 Å². The van der Waals surface area contributed by atoms with Crippen molar-refractivity contribution in [3.05, 3.63) is 35.9 Å². The van der Waals surface area contributed by atoms with E-state index in [2.05, 4.69) is 24.5 Å². The van der Waals surface area contributed by atoms with Gasteiger partial charge in [-0.25, -0.2) is 0 Å². The van der Waals surface area contributed by atoms with E-state index in [1.54, 1.807) is 0 Å². The maximum Gasteiger partial charge on any atom is 0.0807 e. The van der Waals surface area contributed by atoms with Crippen molar-refractivity contribution in [3.63, 3.8) is 0 Å². The van der Waals surface area contributed by atoms with Gasteiger partial charge in [0.15, 0.2) is 0 Å². The SMILES string of the molecule is CNC1(CC(O)c2ccccc2)C2CC3CC(C2)CC1C3.Cl. The maximum atomic E-state index is 10.8. The molecule has 0 radical (unpaired) electrons. The van der Waals surface area contributed by atoms with Gasteiger partial charge in [0.2, 0.25) is 0 Å². The minimum absolute atomic E-state index is 0. The molecule has 1 unspecified atom stereocenters. The number of hydrogen-bond donors (Lipinski definition) is 2. The first-order chi connectivity index (χ1) is 10.2. The van der Waals surface area contributed by atoms with Gasteiger partial charge in [0.25, 0.3) is 0 Å². The Hall–Kier alpha value is -0.570. The van der Waals surface area contributed by atoms with Gasteiger partial charge in [-0.05, 0) is 74.8 Å². The molecule has 4 aliphatic carbocycles. The van der Waals surface area contributed by atoms with E-state index in [1.165, 1.54) is 32.1 Å². The molecule has 1 aromatic carbocycles. The molecule has 0 heterocycles. The van der Waals surface area contributed by atoms with Crippen LogP contribution in [0.25, 0.3) is 0 Å². The van der Waals surface area contributed by atoms with E-state index in [9.17, 15) is 5.11 Å². The lowest BCUT2D eigenvalue weighted by Gasteiger charge is -2.62. The maximum absolute atomic E-state index is 10.8. The van der Waals surface area contributed by atoms with Crippen LogP contribution < -0.4 is 5.32 Å². The van der Waals surface area contributed by atoms with Gasteiger partial charge in [-0.2, -0.15) is 0 Å². The molecule has 2 N–H and O–H groups in total. The fourth-order valence-electron chi connectivity index (χ4n) is 5.98. The summed E-state index contributed by atoms with van der Waals surface area (Å²) in [6, 6.07) is 10.2. The molecule has 122 valence electrons. The first-order valence-corrected chi connectivity index (χ1v) is 8.63. The van der Waals surface area contributed by atoms with Crippen molar-refractivity contribution in [2.45, 2.75) is 50.2 Å². The Kier molecular flexibility index (Phi) is 4.55. The van der Waals surface area contributed by atoms with Crippen LogP contribution >= 0.6 is 12.4 Å². The van der Waals surface area contributed by atoms with Crippen molar-refractivity contribution >= 4 is 12.4 Å². The summed E-state index contributed by atoms with van der Waals surface area (Å²) in [6.45, 7) is 0. The highest BCUT2D eigenvalue weighted by Gasteiger charge is 2.56. The van der Waals surface area contributed by atoms with Crippen LogP contribution in [0, 0.1) is 23.7 Å². The van der Waals surface area contributed by atoms with E-state index in [0.29, 0.717) is 0 Å². The van der Waals surface area contributed by atoms with Gasteiger partial charge < -0.3 is 10.4 Å². The van der Waals surface area contributed by atoms with E-state index in [0.717, 1.165) is 35.7 Å². The van der Waals surface area contributed by atoms with Crippen LogP contribution in [0.2, 0.25) is 0 Å². The zero-order valence-electron chi connectivity index (χ0n) is 13.4. The zero-order chi connectivity index (χ0) is 14.4. The van der Waals surface area contributed by atoms with E-state index >= 15 is 0 Å². The summed E-state index contributed by atoms with van der Waals surface area (Å²) in [5.41, 5.74) is 1.24. The summed E-state index contributed by atoms with van der Waals surface area (Å²) in [5, 5.41) is 14.5. The minimum Gasteiger partial charge on any atom is -0.388 e. The average molecular weight is 322 g/mol. The summed E-state index contributed by atoms with van der Waals surface area (Å²) in [7, 11) is 2.12. The van der Waals surface area contributed by atoms with Crippen molar-refractivity contribution in [2.24, 2.45) is 23.7 Å². The Bertz CT molecular complexity index is 475. The molecule has 1 atom stereocenters. The highest BCUT2D eigenvalue weighted by molar-refractivity contribution is 5.85. The minimum atomic E-state index is -0.337. The van der Waals surface area contributed by atoms with Gasteiger partial charge in [-0.3, -0.25) is 0 Å². The number of benzene rings is 1. The highest BCUT2D eigenvalue weighted by Crippen LogP contribution is 2.60. The zero-order valence-corrected chi connectivity index (χ0v) is 14.2. The van der Waals surface area contributed by atoms with Crippen molar-refractivity contribution in [3.8, 4) is 0 Å². The molecule has 0 spiro atoms. The summed E-state index contributed by atoms with van der Waals surface area (Å²) in [6.07, 6.45) is 7.56. The molecular weight excluding hydrogens is 294 g/mol. The van der Waals surface area contributed by atoms with Crippen LogP contribution in [0.15, 0.2) is 30.3 Å². The smallest absolute Gasteiger partial charge is 0.0807 e. The van der Waals surface area contributed by atoms with Crippen LogP contribution in [-0.2, 0) is 0 Å². The van der Waals surface area contributed by atoms with Gasteiger partial charge >= 0.3 is 0 Å². The van der Waals surface area contributed by atoms with Crippen molar-refractivity contribution in [2.75, 3.05) is 7.05 Å². The largest absolute Gasteiger partial charge is 0.388 e. The third-order valence-electron chi connectivity index (χ3n) is 6.78. The molecule has 1 aromatic rings. The molecule has 2 nitrogen and oxygen atoms in total. The quantitative estimate of drug-likeness (QED) is 0.880. The fraction of sp³-hybridized carbons (Fsp3) is 0.684. The fourth-order valence-corrected chi connectivity index (χ4v) is 5.98. The van der Waals surface area contributed by atoms with Crippen LogP contribution in [0.4, 0.5) is 0 Å². The van der Waals surface area contributed by atoms with E-state index < -0.39 is 0 Å². The number of halogens is 1. The molecule has 0 amide bonds. The molecule has 4 saturated carbocycles. The number of aliphatic hydroxyl groups excluding tert-OH is 1. The predicted octanol–water partition coefficient (Wildman–Crippen LogP) is 3.95. The molecule has 4 fully saturated rings. The first-order valence-electron chi connectivity index (χ1n) is 8.63.